The Kier molecular flexibility index (Phi) is 6.32. The van der Waals surface area contributed by atoms with E-state index in [1.165, 1.54) is 5.56 Å². The number of benzene rings is 2. The van der Waals surface area contributed by atoms with Gasteiger partial charge in [0, 0.05) is 37.1 Å². The Morgan fingerprint density at radius 3 is 2.53 bits per heavy atom. The van der Waals surface area contributed by atoms with Crippen molar-refractivity contribution < 1.29 is 13.2 Å². The van der Waals surface area contributed by atoms with Crippen molar-refractivity contribution in [3.8, 4) is 0 Å². The second kappa shape index (κ2) is 8.81. The van der Waals surface area contributed by atoms with Gasteiger partial charge in [-0.05, 0) is 67.0 Å². The summed E-state index contributed by atoms with van der Waals surface area (Å²) in [4.78, 5) is 15.0. The van der Waals surface area contributed by atoms with Gasteiger partial charge in [0.1, 0.15) is 0 Å². The molecule has 0 saturated carbocycles. The molecule has 1 aliphatic carbocycles. The number of amides is 1. The zero-order valence-corrected chi connectivity index (χ0v) is 19.6. The topological polar surface area (TPSA) is 57.7 Å². The van der Waals surface area contributed by atoms with Crippen LogP contribution in [0.2, 0.25) is 0 Å². The predicted octanol–water partition coefficient (Wildman–Crippen LogP) is 4.00. The summed E-state index contributed by atoms with van der Waals surface area (Å²) in [5.41, 5.74) is 3.49. The first-order chi connectivity index (χ1) is 14.4. The average molecular weight is 491 g/mol. The summed E-state index contributed by atoms with van der Waals surface area (Å²) >= 11 is 3.53. The highest BCUT2D eigenvalue weighted by molar-refractivity contribution is 9.10. The highest BCUT2D eigenvalue weighted by Crippen LogP contribution is 2.29. The van der Waals surface area contributed by atoms with Gasteiger partial charge in [-0.25, -0.2) is 8.42 Å². The molecule has 5 nitrogen and oxygen atoms in total. The van der Waals surface area contributed by atoms with Crippen LogP contribution in [0.1, 0.15) is 36.0 Å². The maximum Gasteiger partial charge on any atom is 0.243 e. The van der Waals surface area contributed by atoms with Crippen LogP contribution in [0.15, 0.2) is 51.8 Å². The van der Waals surface area contributed by atoms with Crippen molar-refractivity contribution in [2.45, 2.75) is 43.5 Å². The molecule has 0 radical (unpaired) electrons. The van der Waals surface area contributed by atoms with E-state index < -0.39 is 10.0 Å². The zero-order chi connectivity index (χ0) is 21.3. The minimum Gasteiger partial charge on any atom is -0.341 e. The Labute approximate surface area is 187 Å². The van der Waals surface area contributed by atoms with Crippen molar-refractivity contribution in [3.63, 3.8) is 0 Å². The lowest BCUT2D eigenvalue weighted by molar-refractivity contribution is -0.135. The Balaban J connectivity index is 1.38. The summed E-state index contributed by atoms with van der Waals surface area (Å²) < 4.78 is 28.7. The third-order valence-corrected chi connectivity index (χ3v) is 8.92. The lowest BCUT2D eigenvalue weighted by atomic mass is 9.96. The first kappa shape index (κ1) is 21.5. The smallest absolute Gasteiger partial charge is 0.243 e. The number of hydrogen-bond donors (Lipinski definition) is 0. The molecule has 0 atom stereocenters. The maximum atomic E-state index is 13.1. The van der Waals surface area contributed by atoms with E-state index in [9.17, 15) is 13.2 Å². The van der Waals surface area contributed by atoms with Crippen LogP contribution in [-0.2, 0) is 34.2 Å². The molecule has 0 aromatic heterocycles. The van der Waals surface area contributed by atoms with E-state index in [0.29, 0.717) is 37.4 Å². The fourth-order valence-corrected chi connectivity index (χ4v) is 6.40. The molecule has 1 aliphatic heterocycles. The van der Waals surface area contributed by atoms with Gasteiger partial charge in [0.05, 0.1) is 4.90 Å². The summed E-state index contributed by atoms with van der Waals surface area (Å²) in [6.07, 6.45) is 4.21. The van der Waals surface area contributed by atoms with Crippen molar-refractivity contribution in [3.05, 3.63) is 63.6 Å². The van der Waals surface area contributed by atoms with Crippen LogP contribution >= 0.6 is 15.9 Å². The number of rotatable bonds is 5. The van der Waals surface area contributed by atoms with Crippen LogP contribution in [0.5, 0.6) is 0 Å². The molecule has 1 saturated heterocycles. The first-order valence-electron chi connectivity index (χ1n) is 10.5. The van der Waals surface area contributed by atoms with E-state index in [1.807, 2.05) is 43.4 Å². The van der Waals surface area contributed by atoms with Crippen LogP contribution in [0.3, 0.4) is 0 Å². The number of carbonyl (C=O) groups is 1. The maximum absolute atomic E-state index is 13.1. The zero-order valence-electron chi connectivity index (χ0n) is 17.2. The fourth-order valence-electron chi connectivity index (χ4n) is 4.47. The molecule has 1 amide bonds. The van der Waals surface area contributed by atoms with Crippen molar-refractivity contribution in [2.75, 3.05) is 20.1 Å². The number of carbonyl (C=O) groups excluding carboxylic acids is 1. The summed E-state index contributed by atoms with van der Waals surface area (Å²) in [5.74, 6) is -0.0516. The summed E-state index contributed by atoms with van der Waals surface area (Å²) in [6, 6.07) is 13.4. The first-order valence-corrected chi connectivity index (χ1v) is 12.7. The largest absolute Gasteiger partial charge is 0.341 e. The van der Waals surface area contributed by atoms with E-state index in [0.717, 1.165) is 34.9 Å². The molecular formula is C23H27BrN2O3S. The summed E-state index contributed by atoms with van der Waals surface area (Å²) in [7, 11) is -1.69. The molecule has 0 spiro atoms. The molecule has 0 unspecified atom stereocenters. The molecule has 7 heteroatoms. The molecule has 0 N–H and O–H groups in total. The molecule has 4 rings (SSSR count). The van der Waals surface area contributed by atoms with Crippen LogP contribution in [0.4, 0.5) is 0 Å². The highest BCUT2D eigenvalue weighted by Gasteiger charge is 2.33. The molecule has 160 valence electrons. The molecular weight excluding hydrogens is 464 g/mol. The van der Waals surface area contributed by atoms with Gasteiger partial charge in [-0.15, -0.1) is 0 Å². The molecule has 2 aromatic rings. The third kappa shape index (κ3) is 4.34. The van der Waals surface area contributed by atoms with Gasteiger partial charge in [-0.3, -0.25) is 4.79 Å². The fraction of sp³-hybridized carbons (Fsp3) is 0.435. The molecule has 1 fully saturated rings. The van der Waals surface area contributed by atoms with Crippen molar-refractivity contribution in [1.29, 1.82) is 0 Å². The van der Waals surface area contributed by atoms with E-state index in [2.05, 4.69) is 15.9 Å². The molecule has 2 aromatic carbocycles. The monoisotopic (exact) mass is 490 g/mol. The van der Waals surface area contributed by atoms with Gasteiger partial charge >= 0.3 is 0 Å². The normalized spacial score (nSPS) is 17.7. The van der Waals surface area contributed by atoms with Gasteiger partial charge < -0.3 is 4.90 Å². The minimum atomic E-state index is -3.50. The number of aryl methyl sites for hydroxylation is 2. The van der Waals surface area contributed by atoms with Crippen molar-refractivity contribution in [1.82, 2.24) is 9.21 Å². The number of nitrogens with zero attached hydrogens (tertiary/aromatic N) is 2. The van der Waals surface area contributed by atoms with E-state index >= 15 is 0 Å². The van der Waals surface area contributed by atoms with E-state index in [1.54, 1.807) is 15.3 Å². The van der Waals surface area contributed by atoms with Crippen LogP contribution in [-0.4, -0.2) is 43.7 Å². The second-order valence-corrected chi connectivity index (χ2v) is 11.0. The predicted molar refractivity (Wildman–Crippen MR) is 121 cm³/mol. The molecule has 30 heavy (non-hydrogen) atoms. The second-order valence-electron chi connectivity index (χ2n) is 8.25. The number of sulfonamides is 1. The van der Waals surface area contributed by atoms with Crippen LogP contribution < -0.4 is 0 Å². The number of halogens is 1. The number of hydrogen-bond acceptors (Lipinski definition) is 3. The third-order valence-electron chi connectivity index (χ3n) is 6.25. The highest BCUT2D eigenvalue weighted by atomic mass is 79.9. The lowest BCUT2D eigenvalue weighted by Gasteiger charge is -2.32. The molecule has 1 heterocycles. The quantitative estimate of drug-likeness (QED) is 0.636. The standard InChI is InChI=1S/C23H27BrN2O3S/c1-25(16-20-5-2-3-8-22(20)24)23(27)18-11-13-26(14-12-18)30(28,29)21-10-9-17-6-4-7-19(17)15-21/h2-3,5,8-10,15,18H,4,6-7,11-14,16H2,1H3. The van der Waals surface area contributed by atoms with Crippen LogP contribution in [0.25, 0.3) is 0 Å². The van der Waals surface area contributed by atoms with Gasteiger partial charge in [-0.1, -0.05) is 40.2 Å². The van der Waals surface area contributed by atoms with E-state index in [-0.39, 0.29) is 11.8 Å². The lowest BCUT2D eigenvalue weighted by Crippen LogP contribution is -2.43. The SMILES string of the molecule is CN(Cc1ccccc1Br)C(=O)C1CCN(S(=O)(=O)c2ccc3c(c2)CCC3)CC1. The van der Waals surface area contributed by atoms with Gasteiger partial charge in [0.2, 0.25) is 15.9 Å². The summed E-state index contributed by atoms with van der Waals surface area (Å²) in [5, 5.41) is 0. The van der Waals surface area contributed by atoms with Crippen LogP contribution in [0, 0.1) is 5.92 Å². The average Bonchev–Trinajstić information content (AvgIpc) is 3.23. The van der Waals surface area contributed by atoms with Crippen molar-refractivity contribution >= 4 is 31.9 Å². The Morgan fingerprint density at radius 2 is 1.80 bits per heavy atom. The van der Waals surface area contributed by atoms with Gasteiger partial charge in [0.25, 0.3) is 0 Å². The van der Waals surface area contributed by atoms with E-state index in [4.69, 9.17) is 0 Å². The number of fused-ring (bicyclic) bond motifs is 1. The van der Waals surface area contributed by atoms with Gasteiger partial charge in [-0.2, -0.15) is 4.31 Å². The molecule has 2 aliphatic rings. The molecule has 0 bridgehead atoms. The van der Waals surface area contributed by atoms with Gasteiger partial charge in [0.15, 0.2) is 0 Å². The Bertz CT molecular complexity index is 1050. The minimum absolute atomic E-state index is 0.0836. The summed E-state index contributed by atoms with van der Waals surface area (Å²) in [6.45, 7) is 1.31. The van der Waals surface area contributed by atoms with Crippen molar-refractivity contribution in [2.24, 2.45) is 5.92 Å². The Hall–Kier alpha value is -1.70. The Morgan fingerprint density at radius 1 is 1.10 bits per heavy atom. The number of piperidine rings is 1.